The maximum atomic E-state index is 12.2. The summed E-state index contributed by atoms with van der Waals surface area (Å²) >= 11 is 0. The number of carbonyl (C=O) groups excluding carboxylic acids is 2. The Hall–Kier alpha value is -1.10. The first-order valence-corrected chi connectivity index (χ1v) is 7.41. The fourth-order valence-electron chi connectivity index (χ4n) is 3.21. The van der Waals surface area contributed by atoms with Gasteiger partial charge in [0.05, 0.1) is 0 Å². The van der Waals surface area contributed by atoms with Gasteiger partial charge in [-0.25, -0.2) is 0 Å². The number of carbonyl (C=O) groups is 2. The van der Waals surface area contributed by atoms with Crippen molar-refractivity contribution in [2.45, 2.75) is 62.9 Å². The lowest BCUT2D eigenvalue weighted by Crippen LogP contribution is -2.53. The number of hydrogen-bond acceptors (Lipinski definition) is 3. The molecule has 2 aliphatic rings. The summed E-state index contributed by atoms with van der Waals surface area (Å²) in [6, 6.07) is -0.334. The normalized spacial score (nSPS) is 26.6. The van der Waals surface area contributed by atoms with Crippen LogP contribution in [-0.4, -0.2) is 37.0 Å². The predicted octanol–water partition coefficient (Wildman–Crippen LogP) is 0.694. The molecule has 1 atom stereocenters. The highest BCUT2D eigenvalue weighted by atomic mass is 16.2. The summed E-state index contributed by atoms with van der Waals surface area (Å²) in [6.45, 7) is 0.728. The molecule has 1 saturated heterocycles. The van der Waals surface area contributed by atoms with Gasteiger partial charge in [-0.1, -0.05) is 19.3 Å². The molecule has 0 bridgehead atoms. The molecular formula is C14H25N3O2. The molecule has 1 aliphatic carbocycles. The Bertz CT molecular complexity index is 338. The zero-order chi connectivity index (χ0) is 13.7. The van der Waals surface area contributed by atoms with Gasteiger partial charge in [0.2, 0.25) is 11.8 Å². The van der Waals surface area contributed by atoms with E-state index in [0.29, 0.717) is 6.42 Å². The number of rotatable bonds is 4. The fraction of sp³-hybridized carbons (Fsp3) is 0.857. The van der Waals surface area contributed by atoms with Crippen LogP contribution in [-0.2, 0) is 9.59 Å². The average molecular weight is 267 g/mol. The first-order valence-electron chi connectivity index (χ1n) is 7.41. The van der Waals surface area contributed by atoms with Gasteiger partial charge >= 0.3 is 0 Å². The molecule has 0 aromatic carbocycles. The van der Waals surface area contributed by atoms with Crippen molar-refractivity contribution in [1.82, 2.24) is 16.0 Å². The third-order valence-electron chi connectivity index (χ3n) is 4.46. The highest BCUT2D eigenvalue weighted by molar-refractivity contribution is 5.88. The average Bonchev–Trinajstić information content (AvgIpc) is 2.42. The quantitative estimate of drug-likeness (QED) is 0.702. The minimum atomic E-state index is -0.334. The lowest BCUT2D eigenvalue weighted by molar-refractivity contribution is -0.131. The van der Waals surface area contributed by atoms with E-state index in [1.165, 1.54) is 19.3 Å². The molecule has 0 aromatic heterocycles. The van der Waals surface area contributed by atoms with Crippen molar-refractivity contribution in [3.63, 3.8) is 0 Å². The molecule has 5 heteroatoms. The Morgan fingerprint density at radius 2 is 2.05 bits per heavy atom. The van der Waals surface area contributed by atoms with Crippen molar-refractivity contribution in [2.75, 3.05) is 13.6 Å². The predicted molar refractivity (Wildman–Crippen MR) is 73.7 cm³/mol. The Labute approximate surface area is 114 Å². The van der Waals surface area contributed by atoms with Gasteiger partial charge in [-0.15, -0.1) is 0 Å². The maximum absolute atomic E-state index is 12.2. The molecule has 1 heterocycles. The molecule has 108 valence electrons. The molecule has 1 saturated carbocycles. The number of amides is 2. The molecule has 2 rings (SSSR count). The van der Waals surface area contributed by atoms with Gasteiger partial charge in [0.25, 0.3) is 0 Å². The molecule has 0 spiro atoms. The summed E-state index contributed by atoms with van der Waals surface area (Å²) in [5.74, 6) is -0.0416. The zero-order valence-electron chi connectivity index (χ0n) is 11.8. The molecule has 2 amide bonds. The summed E-state index contributed by atoms with van der Waals surface area (Å²) in [5.41, 5.74) is -0.0620. The molecule has 19 heavy (non-hydrogen) atoms. The van der Waals surface area contributed by atoms with Crippen LogP contribution in [0, 0.1) is 0 Å². The first kappa shape index (κ1) is 14.3. The standard InChI is InChI=1S/C14H25N3O2/c1-15-14(7-3-2-4-8-14)10-12(18)17-11-6-5-9-16-13(11)19/h11,15H,2-10H2,1H3,(H,16,19)(H,17,18). The first-order chi connectivity index (χ1) is 9.15. The van der Waals surface area contributed by atoms with Crippen LogP contribution in [0.4, 0.5) is 0 Å². The van der Waals surface area contributed by atoms with E-state index >= 15 is 0 Å². The summed E-state index contributed by atoms with van der Waals surface area (Å²) in [7, 11) is 1.94. The highest BCUT2D eigenvalue weighted by Crippen LogP contribution is 2.30. The second-order valence-electron chi connectivity index (χ2n) is 5.82. The second-order valence-corrected chi connectivity index (χ2v) is 5.82. The van der Waals surface area contributed by atoms with E-state index in [2.05, 4.69) is 16.0 Å². The van der Waals surface area contributed by atoms with Crippen molar-refractivity contribution >= 4 is 11.8 Å². The third-order valence-corrected chi connectivity index (χ3v) is 4.46. The summed E-state index contributed by atoms with van der Waals surface area (Å²) in [5, 5.41) is 9.01. The van der Waals surface area contributed by atoms with Gasteiger partial charge in [-0.3, -0.25) is 9.59 Å². The molecule has 0 radical (unpaired) electrons. The van der Waals surface area contributed by atoms with Crippen molar-refractivity contribution in [1.29, 1.82) is 0 Å². The van der Waals surface area contributed by atoms with Crippen LogP contribution >= 0.6 is 0 Å². The van der Waals surface area contributed by atoms with Crippen LogP contribution in [0.25, 0.3) is 0 Å². The largest absolute Gasteiger partial charge is 0.354 e. The summed E-state index contributed by atoms with van der Waals surface area (Å²) in [6.07, 6.45) is 7.89. The lowest BCUT2D eigenvalue weighted by atomic mass is 9.79. The highest BCUT2D eigenvalue weighted by Gasteiger charge is 2.34. The summed E-state index contributed by atoms with van der Waals surface area (Å²) in [4.78, 5) is 23.8. The second kappa shape index (κ2) is 6.37. The monoisotopic (exact) mass is 267 g/mol. The Balaban J connectivity index is 1.87. The van der Waals surface area contributed by atoms with Crippen molar-refractivity contribution in [3.8, 4) is 0 Å². The molecule has 3 N–H and O–H groups in total. The van der Waals surface area contributed by atoms with E-state index in [0.717, 1.165) is 32.2 Å². The van der Waals surface area contributed by atoms with Gasteiger partial charge < -0.3 is 16.0 Å². The van der Waals surface area contributed by atoms with Crippen molar-refractivity contribution < 1.29 is 9.59 Å². The Morgan fingerprint density at radius 1 is 1.32 bits per heavy atom. The Morgan fingerprint density at radius 3 is 2.68 bits per heavy atom. The fourth-order valence-corrected chi connectivity index (χ4v) is 3.21. The molecular weight excluding hydrogens is 242 g/mol. The van der Waals surface area contributed by atoms with E-state index in [1.807, 2.05) is 7.05 Å². The van der Waals surface area contributed by atoms with Gasteiger partial charge in [0, 0.05) is 18.5 Å². The third kappa shape index (κ3) is 3.69. The summed E-state index contributed by atoms with van der Waals surface area (Å²) < 4.78 is 0. The van der Waals surface area contributed by atoms with Crippen LogP contribution in [0.3, 0.4) is 0 Å². The van der Waals surface area contributed by atoms with Crippen LogP contribution in [0.15, 0.2) is 0 Å². The van der Waals surface area contributed by atoms with E-state index in [4.69, 9.17) is 0 Å². The molecule has 1 unspecified atom stereocenters. The van der Waals surface area contributed by atoms with E-state index < -0.39 is 0 Å². The minimum Gasteiger partial charge on any atom is -0.354 e. The van der Waals surface area contributed by atoms with Gasteiger partial charge in [-0.05, 0) is 32.7 Å². The van der Waals surface area contributed by atoms with E-state index in [-0.39, 0.29) is 23.4 Å². The smallest absolute Gasteiger partial charge is 0.242 e. The van der Waals surface area contributed by atoms with E-state index in [9.17, 15) is 9.59 Å². The molecule has 0 aromatic rings. The Kier molecular flexibility index (Phi) is 4.80. The minimum absolute atomic E-state index is 0.00157. The SMILES string of the molecule is CNC1(CC(=O)NC2CCCNC2=O)CCCCC1. The van der Waals surface area contributed by atoms with Crippen molar-refractivity contribution in [2.24, 2.45) is 0 Å². The number of hydrogen-bond donors (Lipinski definition) is 3. The van der Waals surface area contributed by atoms with Gasteiger partial charge in [-0.2, -0.15) is 0 Å². The number of piperidine rings is 1. The zero-order valence-corrected chi connectivity index (χ0v) is 11.8. The topological polar surface area (TPSA) is 70.2 Å². The molecule has 1 aliphatic heterocycles. The van der Waals surface area contributed by atoms with Crippen LogP contribution < -0.4 is 16.0 Å². The maximum Gasteiger partial charge on any atom is 0.242 e. The van der Waals surface area contributed by atoms with Crippen molar-refractivity contribution in [3.05, 3.63) is 0 Å². The molecule has 5 nitrogen and oxygen atoms in total. The lowest BCUT2D eigenvalue weighted by Gasteiger charge is -2.37. The number of nitrogens with one attached hydrogen (secondary N) is 3. The van der Waals surface area contributed by atoms with E-state index in [1.54, 1.807) is 0 Å². The van der Waals surface area contributed by atoms with Gasteiger partial charge in [0.15, 0.2) is 0 Å². The van der Waals surface area contributed by atoms with Crippen LogP contribution in [0.5, 0.6) is 0 Å². The molecule has 2 fully saturated rings. The van der Waals surface area contributed by atoms with Crippen LogP contribution in [0.2, 0.25) is 0 Å². The van der Waals surface area contributed by atoms with Gasteiger partial charge in [0.1, 0.15) is 6.04 Å². The van der Waals surface area contributed by atoms with Crippen LogP contribution in [0.1, 0.15) is 51.4 Å².